The fourth-order valence-corrected chi connectivity index (χ4v) is 3.20. The molecule has 0 spiro atoms. The quantitative estimate of drug-likeness (QED) is 0.680. The summed E-state index contributed by atoms with van der Waals surface area (Å²) in [5.74, 6) is 1.14. The molecule has 16 heavy (non-hydrogen) atoms. The van der Waals surface area contributed by atoms with Crippen LogP contribution in [0.25, 0.3) is 0 Å². The van der Waals surface area contributed by atoms with Gasteiger partial charge in [0.25, 0.3) is 0 Å². The lowest BCUT2D eigenvalue weighted by Gasteiger charge is -2.30. The third kappa shape index (κ3) is 1.79. The molecular weight excluding hydrogens is 200 g/mol. The molecule has 0 aromatic rings. The maximum Gasteiger partial charge on any atom is 0.194 e. The Morgan fingerprint density at radius 2 is 2.19 bits per heavy atom. The average molecular weight is 222 g/mol. The predicted octanol–water partition coefficient (Wildman–Crippen LogP) is 0.550. The van der Waals surface area contributed by atoms with Crippen molar-refractivity contribution in [2.24, 2.45) is 4.99 Å². The van der Waals surface area contributed by atoms with Crippen molar-refractivity contribution in [2.45, 2.75) is 50.2 Å². The molecule has 3 unspecified atom stereocenters. The molecule has 2 N–H and O–H groups in total. The van der Waals surface area contributed by atoms with Gasteiger partial charge in [0.1, 0.15) is 0 Å². The van der Waals surface area contributed by atoms with E-state index < -0.39 is 0 Å². The highest BCUT2D eigenvalue weighted by atomic mass is 15.4. The molecule has 0 aromatic carbocycles. The van der Waals surface area contributed by atoms with Crippen LogP contribution in [0.3, 0.4) is 0 Å². The van der Waals surface area contributed by atoms with Crippen molar-refractivity contribution in [3.05, 3.63) is 0 Å². The van der Waals surface area contributed by atoms with Crippen molar-refractivity contribution in [3.8, 4) is 0 Å². The second-order valence-electron chi connectivity index (χ2n) is 5.32. The first-order valence-corrected chi connectivity index (χ1v) is 6.62. The highest BCUT2D eigenvalue weighted by Gasteiger charge is 2.36. The lowest BCUT2D eigenvalue weighted by molar-refractivity contribution is 0.272. The minimum Gasteiger partial charge on any atom is -0.352 e. The van der Waals surface area contributed by atoms with Crippen LogP contribution in [0.2, 0.25) is 0 Å². The van der Waals surface area contributed by atoms with Crippen LogP contribution in [0.15, 0.2) is 4.99 Å². The second kappa shape index (κ2) is 4.24. The first-order chi connectivity index (χ1) is 7.84. The maximum absolute atomic E-state index is 4.86. The summed E-state index contributed by atoms with van der Waals surface area (Å²) in [4.78, 5) is 7.24. The smallest absolute Gasteiger partial charge is 0.194 e. The van der Waals surface area contributed by atoms with E-state index in [9.17, 15) is 0 Å². The molecule has 4 heteroatoms. The molecule has 2 aliphatic heterocycles. The number of hydrogen-bond donors (Lipinski definition) is 2. The molecule has 2 heterocycles. The largest absolute Gasteiger partial charge is 0.352 e. The van der Waals surface area contributed by atoms with E-state index in [0.29, 0.717) is 18.1 Å². The van der Waals surface area contributed by atoms with E-state index in [0.717, 1.165) is 19.0 Å². The molecule has 0 amide bonds. The summed E-state index contributed by atoms with van der Waals surface area (Å²) in [6.45, 7) is 2.23. The first kappa shape index (κ1) is 10.4. The van der Waals surface area contributed by atoms with E-state index in [4.69, 9.17) is 4.99 Å². The lowest BCUT2D eigenvalue weighted by Crippen LogP contribution is -2.46. The van der Waals surface area contributed by atoms with Crippen LogP contribution in [0, 0.1) is 0 Å². The van der Waals surface area contributed by atoms with E-state index in [-0.39, 0.29) is 0 Å². The molecule has 3 rings (SSSR count). The summed E-state index contributed by atoms with van der Waals surface area (Å²) in [6.07, 6.45) is 6.56. The number of nitrogens with zero attached hydrogens (tertiary/aromatic N) is 2. The number of hydrogen-bond acceptors (Lipinski definition) is 4. The summed E-state index contributed by atoms with van der Waals surface area (Å²) in [5.41, 5.74) is 0. The van der Waals surface area contributed by atoms with Gasteiger partial charge in [0.2, 0.25) is 0 Å². The van der Waals surface area contributed by atoms with Gasteiger partial charge < -0.3 is 15.5 Å². The van der Waals surface area contributed by atoms with Gasteiger partial charge in [0, 0.05) is 19.6 Å². The van der Waals surface area contributed by atoms with Gasteiger partial charge in [-0.05, 0) is 25.8 Å². The van der Waals surface area contributed by atoms with E-state index >= 15 is 0 Å². The van der Waals surface area contributed by atoms with Gasteiger partial charge in [-0.3, -0.25) is 0 Å². The average Bonchev–Trinajstić information content (AvgIpc) is 2.90. The fraction of sp³-hybridized carbons (Fsp3) is 0.917. The van der Waals surface area contributed by atoms with Crippen molar-refractivity contribution in [3.63, 3.8) is 0 Å². The zero-order valence-corrected chi connectivity index (χ0v) is 10.1. The summed E-state index contributed by atoms with van der Waals surface area (Å²) in [5, 5.41) is 6.99. The van der Waals surface area contributed by atoms with Crippen molar-refractivity contribution in [1.82, 2.24) is 15.5 Å². The van der Waals surface area contributed by atoms with Crippen LogP contribution in [0.4, 0.5) is 0 Å². The highest BCUT2D eigenvalue weighted by Crippen LogP contribution is 2.29. The topological polar surface area (TPSA) is 39.7 Å². The molecule has 3 aliphatic rings. The minimum atomic E-state index is 0.565. The van der Waals surface area contributed by atoms with Gasteiger partial charge in [-0.2, -0.15) is 0 Å². The van der Waals surface area contributed by atoms with Crippen molar-refractivity contribution in [1.29, 1.82) is 0 Å². The normalized spacial score (nSPS) is 38.4. The molecular formula is C12H22N4. The highest BCUT2D eigenvalue weighted by molar-refractivity contribution is 5.82. The van der Waals surface area contributed by atoms with Crippen LogP contribution in [-0.4, -0.2) is 49.1 Å². The van der Waals surface area contributed by atoms with Crippen molar-refractivity contribution in [2.75, 3.05) is 20.1 Å². The molecule has 4 nitrogen and oxygen atoms in total. The summed E-state index contributed by atoms with van der Waals surface area (Å²) < 4.78 is 0. The Hall–Kier alpha value is -0.770. The fourth-order valence-electron chi connectivity index (χ4n) is 3.20. The minimum absolute atomic E-state index is 0.565. The van der Waals surface area contributed by atoms with Crippen LogP contribution in [-0.2, 0) is 0 Å². The van der Waals surface area contributed by atoms with Gasteiger partial charge in [0.05, 0.1) is 12.1 Å². The first-order valence-electron chi connectivity index (χ1n) is 6.62. The van der Waals surface area contributed by atoms with Crippen LogP contribution >= 0.6 is 0 Å². The monoisotopic (exact) mass is 222 g/mol. The third-order valence-corrected chi connectivity index (χ3v) is 4.21. The molecule has 1 saturated heterocycles. The Morgan fingerprint density at radius 3 is 2.94 bits per heavy atom. The summed E-state index contributed by atoms with van der Waals surface area (Å²) in [7, 11) is 2.20. The van der Waals surface area contributed by atoms with Crippen LogP contribution in [0.5, 0.6) is 0 Å². The van der Waals surface area contributed by atoms with Gasteiger partial charge in [-0.1, -0.05) is 12.8 Å². The number of aliphatic imine (C=N–C) groups is 1. The number of likely N-dealkylation sites (N-methyl/N-ethyl adjacent to an activating group) is 1. The Balaban J connectivity index is 1.65. The Bertz CT molecular complexity index is 283. The van der Waals surface area contributed by atoms with Crippen LogP contribution in [0.1, 0.15) is 32.1 Å². The predicted molar refractivity (Wildman–Crippen MR) is 65.7 cm³/mol. The van der Waals surface area contributed by atoms with E-state index in [1.165, 1.54) is 32.1 Å². The van der Waals surface area contributed by atoms with Crippen LogP contribution < -0.4 is 10.6 Å². The second-order valence-corrected chi connectivity index (χ2v) is 5.32. The Morgan fingerprint density at radius 1 is 1.31 bits per heavy atom. The Kier molecular flexibility index (Phi) is 2.75. The third-order valence-electron chi connectivity index (χ3n) is 4.21. The standard InChI is InChI=1S/C12H22N4/c1-16-11-5-3-2-4-10(11)15-12(16)14-9-6-7-13-8-9/h9-11,13H,2-8H2,1H3,(H,14,15). The van der Waals surface area contributed by atoms with Gasteiger partial charge in [-0.15, -0.1) is 0 Å². The Labute approximate surface area is 97.5 Å². The molecule has 90 valence electrons. The molecule has 1 aliphatic carbocycles. The molecule has 1 saturated carbocycles. The molecule has 0 aromatic heterocycles. The van der Waals surface area contributed by atoms with Gasteiger partial charge in [0.15, 0.2) is 5.96 Å². The van der Waals surface area contributed by atoms with Gasteiger partial charge >= 0.3 is 0 Å². The lowest BCUT2D eigenvalue weighted by atomic mass is 9.91. The summed E-state index contributed by atoms with van der Waals surface area (Å²) >= 11 is 0. The SMILES string of the molecule is CN1C(NC2CCNC2)=NC2CCCCC21. The number of guanidine groups is 1. The number of fused-ring (bicyclic) bond motifs is 1. The van der Waals surface area contributed by atoms with E-state index in [1.54, 1.807) is 0 Å². The molecule has 2 fully saturated rings. The zero-order valence-electron chi connectivity index (χ0n) is 10.1. The number of nitrogens with one attached hydrogen (secondary N) is 2. The summed E-state index contributed by atoms with van der Waals surface area (Å²) in [6, 6.07) is 1.82. The zero-order chi connectivity index (χ0) is 11.0. The van der Waals surface area contributed by atoms with Crippen molar-refractivity contribution >= 4 is 5.96 Å². The van der Waals surface area contributed by atoms with E-state index in [1.807, 2.05) is 0 Å². The molecule has 0 bridgehead atoms. The van der Waals surface area contributed by atoms with Crippen molar-refractivity contribution < 1.29 is 0 Å². The van der Waals surface area contributed by atoms with Gasteiger partial charge in [-0.25, -0.2) is 4.99 Å². The maximum atomic E-state index is 4.86. The molecule has 3 atom stereocenters. The number of rotatable bonds is 1. The molecule has 0 radical (unpaired) electrons. The van der Waals surface area contributed by atoms with E-state index in [2.05, 4.69) is 22.6 Å².